The van der Waals surface area contributed by atoms with Gasteiger partial charge in [-0.05, 0) is 63.2 Å². The highest BCUT2D eigenvalue weighted by atomic mass is 16.5. The van der Waals surface area contributed by atoms with E-state index in [-0.39, 0.29) is 5.97 Å². The molecular weight excluding hydrogens is 332 g/mol. The van der Waals surface area contributed by atoms with Crippen molar-refractivity contribution in [3.8, 4) is 0 Å². The maximum Gasteiger partial charge on any atom is 0.311 e. The smallest absolute Gasteiger partial charge is 0.311 e. The normalized spacial score (nSPS) is 17.9. The van der Waals surface area contributed by atoms with Gasteiger partial charge in [0.2, 0.25) is 0 Å². The van der Waals surface area contributed by atoms with Crippen molar-refractivity contribution >= 4 is 35.0 Å². The average Bonchev–Trinajstić information content (AvgIpc) is 3.37. The summed E-state index contributed by atoms with van der Waals surface area (Å²) in [6.07, 6.45) is 18.0. The summed E-state index contributed by atoms with van der Waals surface area (Å²) in [5, 5.41) is 5.05. The molecule has 0 spiro atoms. The van der Waals surface area contributed by atoms with E-state index < -0.39 is 0 Å². The van der Waals surface area contributed by atoms with Gasteiger partial charge in [0.25, 0.3) is 0 Å². The van der Waals surface area contributed by atoms with Crippen molar-refractivity contribution < 1.29 is 9.53 Å². The second kappa shape index (κ2) is 6.84. The molecule has 1 fully saturated rings. The highest BCUT2D eigenvalue weighted by Crippen LogP contribution is 2.29. The van der Waals surface area contributed by atoms with Crippen LogP contribution in [-0.4, -0.2) is 5.97 Å². The minimum Gasteiger partial charge on any atom is -0.427 e. The Hall–Kier alpha value is -2.61. The van der Waals surface area contributed by atoms with E-state index in [1.54, 1.807) is 0 Å². The van der Waals surface area contributed by atoms with Gasteiger partial charge in [-0.3, -0.25) is 4.79 Å². The molecule has 2 nitrogen and oxygen atoms in total. The third-order valence-electron chi connectivity index (χ3n) is 6.23. The van der Waals surface area contributed by atoms with Crippen molar-refractivity contribution in [1.82, 2.24) is 0 Å². The monoisotopic (exact) mass is 356 g/mol. The number of esters is 1. The minimum atomic E-state index is -0.0906. The predicted molar refractivity (Wildman–Crippen MR) is 110 cm³/mol. The van der Waals surface area contributed by atoms with Crippen molar-refractivity contribution in [3.05, 3.63) is 63.7 Å². The number of ether oxygens (including phenoxy) is 1. The van der Waals surface area contributed by atoms with Crippen LogP contribution in [0, 0.1) is 5.92 Å². The summed E-state index contributed by atoms with van der Waals surface area (Å²) in [4.78, 5) is 12.2. The van der Waals surface area contributed by atoms with Gasteiger partial charge < -0.3 is 4.74 Å². The fourth-order valence-corrected chi connectivity index (χ4v) is 4.76. The first kappa shape index (κ1) is 16.6. The fraction of sp³-hybridized carbons (Fsp3) is 0.320. The number of hydrogen-bond acceptors (Lipinski definition) is 2. The number of hydrogen-bond donors (Lipinski definition) is 0. The number of carbonyl (C=O) groups excluding carboxylic acids is 1. The van der Waals surface area contributed by atoms with Gasteiger partial charge in [-0.1, -0.05) is 68.2 Å². The third-order valence-corrected chi connectivity index (χ3v) is 6.23. The zero-order valence-corrected chi connectivity index (χ0v) is 15.5. The van der Waals surface area contributed by atoms with E-state index in [1.807, 2.05) is 12.2 Å². The first-order valence-corrected chi connectivity index (χ1v) is 10.1. The summed E-state index contributed by atoms with van der Waals surface area (Å²) >= 11 is 0. The molecule has 0 amide bonds. The van der Waals surface area contributed by atoms with Gasteiger partial charge in [-0.25, -0.2) is 0 Å². The third kappa shape index (κ3) is 3.14. The Bertz CT molecular complexity index is 1100. The van der Waals surface area contributed by atoms with Crippen LogP contribution < -0.4 is 10.4 Å². The molecule has 27 heavy (non-hydrogen) atoms. The molecule has 2 heteroatoms. The topological polar surface area (TPSA) is 26.3 Å². The number of allylic oxidation sites excluding steroid dienone is 3. The average molecular weight is 356 g/mol. The van der Waals surface area contributed by atoms with Gasteiger partial charge in [0.15, 0.2) is 0 Å². The zero-order chi connectivity index (χ0) is 18.2. The van der Waals surface area contributed by atoms with E-state index in [0.29, 0.717) is 12.2 Å². The molecule has 0 N–H and O–H groups in total. The lowest BCUT2D eigenvalue weighted by Gasteiger charge is -2.14. The van der Waals surface area contributed by atoms with Gasteiger partial charge >= 0.3 is 5.97 Å². The second-order valence-electron chi connectivity index (χ2n) is 7.94. The van der Waals surface area contributed by atoms with Crippen LogP contribution in [0.2, 0.25) is 0 Å². The largest absolute Gasteiger partial charge is 0.427 e. The predicted octanol–water partition coefficient (Wildman–Crippen LogP) is 4.38. The molecule has 136 valence electrons. The Kier molecular flexibility index (Phi) is 4.20. The standard InChI is InChI=1S/C25H24O2/c26-25(15-8-17-4-1-2-5-17)27-20-11-14-22-19(16-20)10-13-23-21-7-3-6-18(21)9-12-24(22)23/h3,6-7,9-13,16-17H,1-2,4-5,8,14-15H2. The zero-order valence-electron chi connectivity index (χ0n) is 15.5. The van der Waals surface area contributed by atoms with E-state index in [0.717, 1.165) is 24.0 Å². The lowest BCUT2D eigenvalue weighted by molar-refractivity contribution is -0.139. The van der Waals surface area contributed by atoms with E-state index in [2.05, 4.69) is 42.5 Å². The molecule has 2 aromatic rings. The molecule has 0 atom stereocenters. The quantitative estimate of drug-likeness (QED) is 0.760. The molecule has 0 heterocycles. The van der Waals surface area contributed by atoms with Gasteiger partial charge in [0.05, 0.1) is 0 Å². The highest BCUT2D eigenvalue weighted by molar-refractivity contribution is 5.96. The van der Waals surface area contributed by atoms with E-state index >= 15 is 0 Å². The number of benzene rings is 2. The molecule has 0 aliphatic heterocycles. The van der Waals surface area contributed by atoms with Crippen LogP contribution in [-0.2, 0) is 16.0 Å². The molecule has 3 aliphatic carbocycles. The highest BCUT2D eigenvalue weighted by Gasteiger charge is 2.18. The summed E-state index contributed by atoms with van der Waals surface area (Å²) in [5.41, 5.74) is 2.63. The first-order valence-electron chi connectivity index (χ1n) is 10.1. The van der Waals surface area contributed by atoms with Crippen LogP contribution in [0.15, 0.2) is 42.2 Å². The fourth-order valence-electron chi connectivity index (χ4n) is 4.76. The molecule has 5 rings (SSSR count). The van der Waals surface area contributed by atoms with Gasteiger partial charge in [-0.2, -0.15) is 0 Å². The molecule has 0 bridgehead atoms. The van der Waals surface area contributed by atoms with Crippen LogP contribution in [0.3, 0.4) is 0 Å². The van der Waals surface area contributed by atoms with Crippen LogP contribution in [0.5, 0.6) is 0 Å². The van der Waals surface area contributed by atoms with Crippen molar-refractivity contribution in [2.45, 2.75) is 44.9 Å². The maximum absolute atomic E-state index is 12.2. The lowest BCUT2D eigenvalue weighted by Crippen LogP contribution is -2.16. The van der Waals surface area contributed by atoms with Crippen molar-refractivity contribution in [2.24, 2.45) is 5.92 Å². The minimum absolute atomic E-state index is 0.0906. The first-order chi connectivity index (χ1) is 13.3. The van der Waals surface area contributed by atoms with E-state index in [1.165, 1.54) is 52.8 Å². The molecular formula is C25H24O2. The SMILES string of the molecule is O=C(CCC1CCCC1)OC1=CCc2c(ccc3c4c(ccc23)=CC=C4)=C1. The number of rotatable bonds is 4. The lowest BCUT2D eigenvalue weighted by atomic mass is 9.93. The van der Waals surface area contributed by atoms with E-state index in [4.69, 9.17) is 4.74 Å². The summed E-state index contributed by atoms with van der Waals surface area (Å²) in [6.45, 7) is 0. The summed E-state index contributed by atoms with van der Waals surface area (Å²) in [7, 11) is 0. The Labute approximate surface area is 159 Å². The van der Waals surface area contributed by atoms with Gasteiger partial charge in [-0.15, -0.1) is 0 Å². The van der Waals surface area contributed by atoms with Crippen molar-refractivity contribution in [2.75, 3.05) is 0 Å². The Morgan fingerprint density at radius 2 is 1.85 bits per heavy atom. The van der Waals surface area contributed by atoms with Gasteiger partial charge in [0, 0.05) is 6.42 Å². The molecule has 2 aromatic carbocycles. The Morgan fingerprint density at radius 1 is 1.04 bits per heavy atom. The summed E-state index contributed by atoms with van der Waals surface area (Å²) < 4.78 is 5.64. The maximum atomic E-state index is 12.2. The molecule has 0 unspecified atom stereocenters. The van der Waals surface area contributed by atoms with Crippen molar-refractivity contribution in [1.29, 1.82) is 0 Å². The summed E-state index contributed by atoms with van der Waals surface area (Å²) in [6, 6.07) is 8.76. The molecule has 1 saturated carbocycles. The number of carbonyl (C=O) groups is 1. The molecule has 0 saturated heterocycles. The molecule has 0 radical (unpaired) electrons. The Morgan fingerprint density at radius 3 is 2.74 bits per heavy atom. The van der Waals surface area contributed by atoms with Crippen LogP contribution in [0.1, 0.15) is 49.7 Å². The molecule has 3 aliphatic rings. The van der Waals surface area contributed by atoms with Crippen molar-refractivity contribution in [3.63, 3.8) is 0 Å². The Balaban J connectivity index is 1.36. The van der Waals surface area contributed by atoms with Crippen LogP contribution in [0.4, 0.5) is 0 Å². The number of fused-ring (bicyclic) bond motifs is 5. The van der Waals surface area contributed by atoms with E-state index in [9.17, 15) is 4.79 Å². The summed E-state index contributed by atoms with van der Waals surface area (Å²) in [5.74, 6) is 1.33. The van der Waals surface area contributed by atoms with Crippen LogP contribution >= 0.6 is 0 Å². The van der Waals surface area contributed by atoms with Gasteiger partial charge in [0.1, 0.15) is 5.76 Å². The van der Waals surface area contributed by atoms with Crippen LogP contribution in [0.25, 0.3) is 29.0 Å². The molecule has 0 aromatic heterocycles. The second-order valence-corrected chi connectivity index (χ2v) is 7.94.